The molecule has 0 spiro atoms. The molecule has 0 atom stereocenters. The van der Waals surface area contributed by atoms with Crippen molar-refractivity contribution in [2.75, 3.05) is 31.1 Å². The molecule has 2 aromatic rings. The minimum atomic E-state index is 0.874. The van der Waals surface area contributed by atoms with Gasteiger partial charge in [0.15, 0.2) is 5.82 Å². The van der Waals surface area contributed by atoms with Crippen molar-refractivity contribution in [3.8, 4) is 11.5 Å². The molecule has 1 fully saturated rings. The van der Waals surface area contributed by atoms with E-state index in [0.717, 1.165) is 67.7 Å². The number of H-pyrrole nitrogens is 1. The number of hydrogen-bond acceptors (Lipinski definition) is 4. The van der Waals surface area contributed by atoms with Crippen molar-refractivity contribution >= 4 is 5.82 Å². The van der Waals surface area contributed by atoms with Crippen molar-refractivity contribution < 1.29 is 0 Å². The van der Waals surface area contributed by atoms with Gasteiger partial charge in [0.25, 0.3) is 0 Å². The maximum atomic E-state index is 4.80. The maximum absolute atomic E-state index is 4.80. The van der Waals surface area contributed by atoms with Gasteiger partial charge < -0.3 is 15.2 Å². The summed E-state index contributed by atoms with van der Waals surface area (Å²) in [7, 11) is 0. The molecule has 2 N–H and O–H groups in total. The topological polar surface area (TPSA) is 56.8 Å². The minimum Gasteiger partial charge on any atom is -0.355 e. The lowest BCUT2D eigenvalue weighted by Crippen LogP contribution is -2.28. The highest BCUT2D eigenvalue weighted by atomic mass is 15.2. The van der Waals surface area contributed by atoms with Gasteiger partial charge >= 0.3 is 0 Å². The van der Waals surface area contributed by atoms with Gasteiger partial charge in [-0.1, -0.05) is 13.0 Å². The number of pyridine rings is 1. The Morgan fingerprint density at radius 2 is 2.10 bits per heavy atom. The maximum Gasteiger partial charge on any atom is 0.156 e. The molecule has 1 aliphatic rings. The molecule has 0 amide bonds. The zero-order valence-corrected chi connectivity index (χ0v) is 12.8. The monoisotopic (exact) mass is 285 g/mol. The Labute approximate surface area is 125 Å². The number of aryl methyl sites for hydroxylation is 2. The van der Waals surface area contributed by atoms with Crippen molar-refractivity contribution in [2.24, 2.45) is 0 Å². The smallest absolute Gasteiger partial charge is 0.156 e. The normalized spacial score (nSPS) is 16.0. The Balaban J connectivity index is 1.88. The Morgan fingerprint density at radius 1 is 1.19 bits per heavy atom. The molecule has 112 valence electrons. The van der Waals surface area contributed by atoms with Crippen molar-refractivity contribution in [1.82, 2.24) is 20.3 Å². The number of imidazole rings is 1. The van der Waals surface area contributed by atoms with Gasteiger partial charge in [0, 0.05) is 25.3 Å². The van der Waals surface area contributed by atoms with Gasteiger partial charge in [-0.2, -0.15) is 0 Å². The summed E-state index contributed by atoms with van der Waals surface area (Å²) in [5, 5.41) is 3.42. The average molecular weight is 285 g/mol. The van der Waals surface area contributed by atoms with E-state index in [1.54, 1.807) is 0 Å². The first kappa shape index (κ1) is 14.1. The lowest BCUT2D eigenvalue weighted by atomic mass is 10.3. The van der Waals surface area contributed by atoms with Crippen LogP contribution in [-0.4, -0.2) is 41.1 Å². The van der Waals surface area contributed by atoms with Crippen LogP contribution in [0.5, 0.6) is 0 Å². The van der Waals surface area contributed by atoms with E-state index in [1.807, 2.05) is 6.07 Å². The molecule has 2 aromatic heterocycles. The van der Waals surface area contributed by atoms with E-state index in [4.69, 9.17) is 4.98 Å². The first-order valence-electron chi connectivity index (χ1n) is 7.76. The Morgan fingerprint density at radius 3 is 2.90 bits per heavy atom. The van der Waals surface area contributed by atoms with Crippen LogP contribution in [-0.2, 0) is 6.42 Å². The molecule has 1 saturated heterocycles. The third-order valence-electron chi connectivity index (χ3n) is 3.96. The number of nitrogens with zero attached hydrogens (tertiary/aromatic N) is 3. The largest absolute Gasteiger partial charge is 0.355 e. The summed E-state index contributed by atoms with van der Waals surface area (Å²) in [6.45, 7) is 8.37. The van der Waals surface area contributed by atoms with Crippen LogP contribution in [0.25, 0.3) is 11.5 Å². The quantitative estimate of drug-likeness (QED) is 0.907. The molecule has 3 rings (SSSR count). The zero-order chi connectivity index (χ0) is 14.7. The molecule has 0 aromatic carbocycles. The summed E-state index contributed by atoms with van der Waals surface area (Å²) in [4.78, 5) is 15.2. The van der Waals surface area contributed by atoms with Gasteiger partial charge in [-0.25, -0.2) is 9.97 Å². The highest BCUT2D eigenvalue weighted by molar-refractivity contribution is 5.55. The number of rotatable bonds is 3. The highest BCUT2D eigenvalue weighted by Gasteiger charge is 2.13. The molecule has 0 radical (unpaired) electrons. The molecule has 0 unspecified atom stereocenters. The van der Waals surface area contributed by atoms with Crippen LogP contribution in [0.4, 0.5) is 5.82 Å². The van der Waals surface area contributed by atoms with Gasteiger partial charge in [0.05, 0.1) is 5.69 Å². The van der Waals surface area contributed by atoms with Crippen molar-refractivity contribution in [2.45, 2.75) is 26.7 Å². The number of nitrogens with one attached hydrogen (secondary N) is 2. The van der Waals surface area contributed by atoms with Gasteiger partial charge in [0.2, 0.25) is 0 Å². The molecular weight excluding hydrogens is 262 g/mol. The highest BCUT2D eigenvalue weighted by Crippen LogP contribution is 2.20. The molecule has 0 bridgehead atoms. The first-order valence-corrected chi connectivity index (χ1v) is 7.76. The molecule has 0 aliphatic carbocycles. The lowest BCUT2D eigenvalue weighted by molar-refractivity contribution is 0.724. The van der Waals surface area contributed by atoms with Crippen LogP contribution >= 0.6 is 0 Å². The Hall–Kier alpha value is -1.88. The number of hydrogen-bond donors (Lipinski definition) is 2. The first-order chi connectivity index (χ1) is 10.3. The van der Waals surface area contributed by atoms with Gasteiger partial charge in [-0.3, -0.25) is 0 Å². The second-order valence-corrected chi connectivity index (χ2v) is 5.48. The third-order valence-corrected chi connectivity index (χ3v) is 3.96. The fourth-order valence-electron chi connectivity index (χ4n) is 2.77. The second kappa shape index (κ2) is 6.26. The fraction of sp³-hybridized carbons (Fsp3) is 0.500. The second-order valence-electron chi connectivity index (χ2n) is 5.48. The molecule has 21 heavy (non-hydrogen) atoms. The standard InChI is InChI=1S/C16H23N5/c1-3-13-12(2)18-16(20-13)14-6-4-7-15(19-14)21-10-5-8-17-9-11-21/h4,6-7,17H,3,5,8-11H2,1-2H3,(H,18,20). The van der Waals surface area contributed by atoms with E-state index in [0.29, 0.717) is 0 Å². The van der Waals surface area contributed by atoms with Crippen LogP contribution in [0.2, 0.25) is 0 Å². The summed E-state index contributed by atoms with van der Waals surface area (Å²) in [6, 6.07) is 6.18. The predicted molar refractivity (Wildman–Crippen MR) is 85.6 cm³/mol. The van der Waals surface area contributed by atoms with E-state index in [1.165, 1.54) is 0 Å². The third kappa shape index (κ3) is 3.08. The summed E-state index contributed by atoms with van der Waals surface area (Å²) in [5.41, 5.74) is 3.18. The summed E-state index contributed by atoms with van der Waals surface area (Å²) < 4.78 is 0. The van der Waals surface area contributed by atoms with Crippen LogP contribution < -0.4 is 10.2 Å². The molecule has 5 heteroatoms. The zero-order valence-electron chi connectivity index (χ0n) is 12.8. The fourth-order valence-corrected chi connectivity index (χ4v) is 2.77. The van der Waals surface area contributed by atoms with Crippen molar-refractivity contribution in [3.63, 3.8) is 0 Å². The number of aromatic amines is 1. The van der Waals surface area contributed by atoms with Crippen LogP contribution in [0.3, 0.4) is 0 Å². The summed E-state index contributed by atoms with van der Waals surface area (Å²) >= 11 is 0. The van der Waals surface area contributed by atoms with Gasteiger partial charge in [-0.15, -0.1) is 0 Å². The predicted octanol–water partition coefficient (Wildman–Crippen LogP) is 2.14. The summed E-state index contributed by atoms with van der Waals surface area (Å²) in [6.07, 6.45) is 2.10. The van der Waals surface area contributed by atoms with Crippen LogP contribution in [0, 0.1) is 6.92 Å². The van der Waals surface area contributed by atoms with E-state index in [9.17, 15) is 0 Å². The number of aromatic nitrogens is 3. The van der Waals surface area contributed by atoms with E-state index in [2.05, 4.69) is 46.2 Å². The van der Waals surface area contributed by atoms with Crippen LogP contribution in [0.1, 0.15) is 24.7 Å². The molecular formula is C16H23N5. The average Bonchev–Trinajstić information content (AvgIpc) is 2.73. The van der Waals surface area contributed by atoms with Gasteiger partial charge in [-0.05, 0) is 38.4 Å². The van der Waals surface area contributed by atoms with E-state index in [-0.39, 0.29) is 0 Å². The van der Waals surface area contributed by atoms with Gasteiger partial charge in [0.1, 0.15) is 11.5 Å². The molecule has 1 aliphatic heterocycles. The molecule has 3 heterocycles. The molecule has 0 saturated carbocycles. The van der Waals surface area contributed by atoms with E-state index < -0.39 is 0 Å². The summed E-state index contributed by atoms with van der Waals surface area (Å²) in [5.74, 6) is 1.92. The van der Waals surface area contributed by atoms with E-state index >= 15 is 0 Å². The van der Waals surface area contributed by atoms with Crippen molar-refractivity contribution in [3.05, 3.63) is 29.6 Å². The van der Waals surface area contributed by atoms with Crippen LogP contribution in [0.15, 0.2) is 18.2 Å². The SMILES string of the molecule is CCc1nc(-c2cccc(N3CCCNCC3)n2)[nH]c1C. The minimum absolute atomic E-state index is 0.874. The molecule has 5 nitrogen and oxygen atoms in total. The number of anilines is 1. The Bertz CT molecular complexity index is 596. The lowest BCUT2D eigenvalue weighted by Gasteiger charge is -2.21. The Kier molecular flexibility index (Phi) is 4.20. The van der Waals surface area contributed by atoms with Crippen molar-refractivity contribution in [1.29, 1.82) is 0 Å².